The van der Waals surface area contributed by atoms with Gasteiger partial charge in [0.15, 0.2) is 17.6 Å². The molecule has 1 aromatic carbocycles. The first-order valence-electron chi connectivity index (χ1n) is 8.47. The zero-order chi connectivity index (χ0) is 19.1. The molecule has 0 spiro atoms. The molecule has 0 N–H and O–H groups in total. The molecule has 0 aromatic heterocycles. The molecule has 26 heavy (non-hydrogen) atoms. The Morgan fingerprint density at radius 1 is 1.04 bits per heavy atom. The number of likely N-dealkylation sites (tertiary alicyclic amines) is 1. The quantitative estimate of drug-likeness (QED) is 0.547. The Bertz CT molecular complexity index is 654. The zero-order valence-electron chi connectivity index (χ0n) is 15.6. The van der Waals surface area contributed by atoms with Crippen molar-refractivity contribution in [3.05, 3.63) is 23.8 Å². The van der Waals surface area contributed by atoms with Gasteiger partial charge < -0.3 is 23.8 Å². The van der Waals surface area contributed by atoms with E-state index in [1.807, 2.05) is 0 Å². The molecule has 1 saturated heterocycles. The molecule has 1 fully saturated rings. The summed E-state index contributed by atoms with van der Waals surface area (Å²) in [4.78, 5) is 25.9. The van der Waals surface area contributed by atoms with Gasteiger partial charge in [-0.2, -0.15) is 0 Å². The molecule has 0 aliphatic carbocycles. The highest BCUT2D eigenvalue weighted by Crippen LogP contribution is 2.38. The number of benzene rings is 1. The molecule has 2 rings (SSSR count). The Morgan fingerprint density at radius 2 is 1.62 bits per heavy atom. The van der Waals surface area contributed by atoms with Gasteiger partial charge in [-0.3, -0.25) is 4.79 Å². The molecule has 7 heteroatoms. The normalized spacial score (nSPS) is 15.0. The van der Waals surface area contributed by atoms with Gasteiger partial charge in [0, 0.05) is 19.2 Å². The number of nitrogens with zero attached hydrogens (tertiary/aromatic N) is 1. The smallest absolute Gasteiger partial charge is 0.331 e. The summed E-state index contributed by atoms with van der Waals surface area (Å²) in [7, 11) is 4.56. The maximum Gasteiger partial charge on any atom is 0.331 e. The van der Waals surface area contributed by atoms with E-state index < -0.39 is 12.1 Å². The Hall–Kier alpha value is -2.70. The first-order chi connectivity index (χ1) is 12.5. The summed E-state index contributed by atoms with van der Waals surface area (Å²) in [5.41, 5.74) is 0.676. The van der Waals surface area contributed by atoms with Gasteiger partial charge in [-0.1, -0.05) is 0 Å². The maximum atomic E-state index is 12.2. The standard InChI is InChI=1S/C19H25NO6/c1-13(19(22)20-9-5-6-10-20)26-17(21)8-7-14-11-15(23-2)18(25-4)16(12-14)24-3/h7-8,11-13H,5-6,9-10H2,1-4H3/b8-7+/t13-/m1/s1. The molecule has 1 heterocycles. The van der Waals surface area contributed by atoms with Gasteiger partial charge in [-0.25, -0.2) is 4.79 Å². The first-order valence-corrected chi connectivity index (χ1v) is 8.47. The third-order valence-corrected chi connectivity index (χ3v) is 4.16. The minimum atomic E-state index is -0.801. The topological polar surface area (TPSA) is 74.3 Å². The molecule has 1 aromatic rings. The highest BCUT2D eigenvalue weighted by Gasteiger charge is 2.25. The SMILES string of the molecule is COc1cc(/C=C/C(=O)O[C@H](C)C(=O)N2CCCC2)cc(OC)c1OC. The summed E-state index contributed by atoms with van der Waals surface area (Å²) in [6, 6.07) is 3.42. The van der Waals surface area contributed by atoms with Crippen molar-refractivity contribution in [2.75, 3.05) is 34.4 Å². The Kier molecular flexibility index (Phi) is 6.89. The van der Waals surface area contributed by atoms with Crippen LogP contribution in [0.5, 0.6) is 17.2 Å². The Balaban J connectivity index is 2.04. The average Bonchev–Trinajstić information content (AvgIpc) is 3.19. The van der Waals surface area contributed by atoms with Gasteiger partial charge >= 0.3 is 5.97 Å². The number of amides is 1. The van der Waals surface area contributed by atoms with E-state index in [1.54, 1.807) is 30.0 Å². The van der Waals surface area contributed by atoms with Crippen molar-refractivity contribution in [1.29, 1.82) is 0 Å². The molecule has 7 nitrogen and oxygen atoms in total. The van der Waals surface area contributed by atoms with E-state index >= 15 is 0 Å². The fourth-order valence-corrected chi connectivity index (χ4v) is 2.82. The Morgan fingerprint density at radius 3 is 2.12 bits per heavy atom. The second kappa shape index (κ2) is 9.12. The van der Waals surface area contributed by atoms with Gasteiger partial charge in [-0.05, 0) is 43.5 Å². The highest BCUT2D eigenvalue weighted by molar-refractivity contribution is 5.90. The first kappa shape index (κ1) is 19.6. The lowest BCUT2D eigenvalue weighted by atomic mass is 10.1. The van der Waals surface area contributed by atoms with Crippen LogP contribution in [-0.2, 0) is 14.3 Å². The molecule has 0 unspecified atom stereocenters. The van der Waals surface area contributed by atoms with Crippen molar-refractivity contribution in [3.63, 3.8) is 0 Å². The zero-order valence-corrected chi connectivity index (χ0v) is 15.6. The van der Waals surface area contributed by atoms with Crippen LogP contribution < -0.4 is 14.2 Å². The molecular formula is C19H25NO6. The minimum Gasteiger partial charge on any atom is -0.493 e. The van der Waals surface area contributed by atoms with Crippen LogP contribution >= 0.6 is 0 Å². The molecule has 1 aliphatic rings. The predicted octanol–water partition coefficient (Wildman–Crippen LogP) is 2.28. The highest BCUT2D eigenvalue weighted by atomic mass is 16.5. The fourth-order valence-electron chi connectivity index (χ4n) is 2.82. The average molecular weight is 363 g/mol. The van der Waals surface area contributed by atoms with E-state index in [4.69, 9.17) is 18.9 Å². The molecule has 0 bridgehead atoms. The van der Waals surface area contributed by atoms with Gasteiger partial charge in [-0.15, -0.1) is 0 Å². The molecule has 1 atom stereocenters. The van der Waals surface area contributed by atoms with Crippen molar-refractivity contribution in [2.24, 2.45) is 0 Å². The van der Waals surface area contributed by atoms with Crippen molar-refractivity contribution in [2.45, 2.75) is 25.9 Å². The number of methoxy groups -OCH3 is 3. The molecule has 142 valence electrons. The lowest BCUT2D eigenvalue weighted by Crippen LogP contribution is -2.37. The molecule has 0 radical (unpaired) electrons. The number of carbonyl (C=O) groups excluding carboxylic acids is 2. The molecule has 1 aliphatic heterocycles. The van der Waals surface area contributed by atoms with Crippen LogP contribution in [0.2, 0.25) is 0 Å². The van der Waals surface area contributed by atoms with Crippen LogP contribution in [0.25, 0.3) is 6.08 Å². The van der Waals surface area contributed by atoms with E-state index in [0.717, 1.165) is 25.9 Å². The molecule has 1 amide bonds. The van der Waals surface area contributed by atoms with Crippen molar-refractivity contribution in [1.82, 2.24) is 4.90 Å². The van der Waals surface area contributed by atoms with E-state index in [9.17, 15) is 9.59 Å². The summed E-state index contributed by atoms with van der Waals surface area (Å²) < 4.78 is 21.0. The number of rotatable bonds is 7. The van der Waals surface area contributed by atoms with Crippen LogP contribution in [0.15, 0.2) is 18.2 Å². The van der Waals surface area contributed by atoms with Gasteiger partial charge in [0.05, 0.1) is 21.3 Å². The lowest BCUT2D eigenvalue weighted by molar-refractivity contribution is -0.154. The minimum absolute atomic E-state index is 0.156. The van der Waals surface area contributed by atoms with Gasteiger partial charge in [0.2, 0.25) is 5.75 Å². The molecular weight excluding hydrogens is 338 g/mol. The summed E-state index contributed by atoms with van der Waals surface area (Å²) in [6.45, 7) is 3.04. The number of carbonyl (C=O) groups is 2. The lowest BCUT2D eigenvalue weighted by Gasteiger charge is -2.19. The van der Waals surface area contributed by atoms with Crippen molar-refractivity contribution >= 4 is 18.0 Å². The second-order valence-electron chi connectivity index (χ2n) is 5.90. The van der Waals surface area contributed by atoms with Crippen LogP contribution in [0.3, 0.4) is 0 Å². The largest absolute Gasteiger partial charge is 0.493 e. The van der Waals surface area contributed by atoms with Crippen molar-refractivity contribution in [3.8, 4) is 17.2 Å². The van der Waals surface area contributed by atoms with Crippen LogP contribution in [0.4, 0.5) is 0 Å². The summed E-state index contributed by atoms with van der Waals surface area (Å²) >= 11 is 0. The van der Waals surface area contributed by atoms with E-state index in [0.29, 0.717) is 22.8 Å². The monoisotopic (exact) mass is 363 g/mol. The van der Waals surface area contributed by atoms with Crippen molar-refractivity contribution < 1.29 is 28.5 Å². The van der Waals surface area contributed by atoms with Gasteiger partial charge in [0.1, 0.15) is 0 Å². The summed E-state index contributed by atoms with van der Waals surface area (Å²) in [5, 5.41) is 0. The second-order valence-corrected chi connectivity index (χ2v) is 5.90. The van der Waals surface area contributed by atoms with E-state index in [2.05, 4.69) is 0 Å². The third kappa shape index (κ3) is 4.68. The van der Waals surface area contributed by atoms with Crippen LogP contribution in [0.1, 0.15) is 25.3 Å². The third-order valence-electron chi connectivity index (χ3n) is 4.16. The summed E-state index contributed by atoms with van der Waals surface area (Å²) in [6.07, 6.45) is 4.03. The summed E-state index contributed by atoms with van der Waals surface area (Å²) in [5.74, 6) is 0.699. The van der Waals surface area contributed by atoms with E-state index in [1.165, 1.54) is 27.4 Å². The predicted molar refractivity (Wildman–Crippen MR) is 96.5 cm³/mol. The fraction of sp³-hybridized carbons (Fsp3) is 0.474. The molecule has 0 saturated carbocycles. The number of hydrogen-bond acceptors (Lipinski definition) is 6. The van der Waals surface area contributed by atoms with Crippen LogP contribution in [-0.4, -0.2) is 57.3 Å². The van der Waals surface area contributed by atoms with Crippen LogP contribution in [0, 0.1) is 0 Å². The maximum absolute atomic E-state index is 12.2. The Labute approximate surface area is 153 Å². The number of ether oxygens (including phenoxy) is 4. The number of esters is 1. The van der Waals surface area contributed by atoms with Gasteiger partial charge in [0.25, 0.3) is 5.91 Å². The number of hydrogen-bond donors (Lipinski definition) is 0. The van der Waals surface area contributed by atoms with E-state index in [-0.39, 0.29) is 5.91 Å².